The Balaban J connectivity index is 1.87. The number of fused-ring (bicyclic) bond motifs is 1. The minimum atomic E-state index is 0.280. The van der Waals surface area contributed by atoms with Crippen molar-refractivity contribution in [3.63, 3.8) is 0 Å². The van der Waals surface area contributed by atoms with E-state index in [2.05, 4.69) is 15.5 Å². The molecule has 0 amide bonds. The molecule has 4 N–H and O–H groups in total. The van der Waals surface area contributed by atoms with E-state index in [-0.39, 0.29) is 6.10 Å². The summed E-state index contributed by atoms with van der Waals surface area (Å²) >= 11 is 0. The zero-order chi connectivity index (χ0) is 12.5. The largest absolute Gasteiger partial charge is 0.397 e. The Bertz CT molecular complexity index is 551. The second-order valence-corrected chi connectivity index (χ2v) is 4.85. The summed E-state index contributed by atoms with van der Waals surface area (Å²) in [6.07, 6.45) is 5.49. The Hall–Kier alpha value is -1.75. The van der Waals surface area contributed by atoms with Gasteiger partial charge in [-0.3, -0.25) is 5.10 Å². The summed E-state index contributed by atoms with van der Waals surface area (Å²) in [4.78, 5) is 0. The number of hydrogen-bond acceptors (Lipinski definition) is 4. The van der Waals surface area contributed by atoms with Crippen molar-refractivity contribution in [1.82, 2.24) is 10.2 Å². The first-order chi connectivity index (χ1) is 8.78. The molecule has 0 bridgehead atoms. The third-order valence-corrected chi connectivity index (χ3v) is 3.71. The van der Waals surface area contributed by atoms with Crippen molar-refractivity contribution in [2.45, 2.75) is 31.4 Å². The fourth-order valence-electron chi connectivity index (χ4n) is 2.71. The van der Waals surface area contributed by atoms with E-state index in [0.717, 1.165) is 35.1 Å². The third kappa shape index (κ3) is 1.90. The topological polar surface area (TPSA) is 76.0 Å². The fourth-order valence-corrected chi connectivity index (χ4v) is 2.71. The molecule has 2 aromatic rings. The van der Waals surface area contributed by atoms with E-state index in [1.165, 1.54) is 6.42 Å². The van der Waals surface area contributed by atoms with Crippen molar-refractivity contribution in [3.8, 4) is 0 Å². The SMILES string of the molecule is COC1CCCC1Nc1cc2[nH]ncc2cc1N. The summed E-state index contributed by atoms with van der Waals surface area (Å²) in [5.74, 6) is 0. The normalized spacial score (nSPS) is 23.6. The molecule has 1 aliphatic rings. The summed E-state index contributed by atoms with van der Waals surface area (Å²) in [6.45, 7) is 0. The summed E-state index contributed by atoms with van der Waals surface area (Å²) in [6, 6.07) is 4.30. The molecule has 0 aliphatic heterocycles. The molecule has 5 nitrogen and oxygen atoms in total. The smallest absolute Gasteiger partial charge is 0.0772 e. The lowest BCUT2D eigenvalue weighted by atomic mass is 10.1. The zero-order valence-corrected chi connectivity index (χ0v) is 10.4. The highest BCUT2D eigenvalue weighted by Gasteiger charge is 2.27. The number of nitrogens with zero attached hydrogens (tertiary/aromatic N) is 1. The van der Waals surface area contributed by atoms with Gasteiger partial charge < -0.3 is 15.8 Å². The monoisotopic (exact) mass is 246 g/mol. The number of benzene rings is 1. The Labute approximate surface area is 106 Å². The number of aromatic nitrogens is 2. The van der Waals surface area contributed by atoms with Crippen molar-refractivity contribution in [3.05, 3.63) is 18.3 Å². The van der Waals surface area contributed by atoms with Crippen LogP contribution in [-0.4, -0.2) is 29.5 Å². The molecule has 0 radical (unpaired) electrons. The first-order valence-corrected chi connectivity index (χ1v) is 6.30. The van der Waals surface area contributed by atoms with Gasteiger partial charge in [-0.1, -0.05) is 0 Å². The Morgan fingerprint density at radius 1 is 1.44 bits per heavy atom. The average Bonchev–Trinajstić information content (AvgIpc) is 2.98. The Kier molecular flexibility index (Phi) is 2.83. The molecule has 1 aromatic carbocycles. The van der Waals surface area contributed by atoms with Crippen LogP contribution in [0.2, 0.25) is 0 Å². The molecule has 2 unspecified atom stereocenters. The second-order valence-electron chi connectivity index (χ2n) is 4.85. The van der Waals surface area contributed by atoms with Gasteiger partial charge in [0, 0.05) is 12.5 Å². The van der Waals surface area contributed by atoms with Gasteiger partial charge in [-0.15, -0.1) is 0 Å². The molecule has 2 atom stereocenters. The average molecular weight is 246 g/mol. The quantitative estimate of drug-likeness (QED) is 0.725. The van der Waals surface area contributed by atoms with Crippen LogP contribution >= 0.6 is 0 Å². The van der Waals surface area contributed by atoms with Crippen LogP contribution < -0.4 is 11.1 Å². The number of rotatable bonds is 3. The molecule has 3 rings (SSSR count). The van der Waals surface area contributed by atoms with Crippen LogP contribution in [0.5, 0.6) is 0 Å². The van der Waals surface area contributed by atoms with Crippen molar-refractivity contribution >= 4 is 22.3 Å². The van der Waals surface area contributed by atoms with E-state index >= 15 is 0 Å². The van der Waals surface area contributed by atoms with E-state index in [9.17, 15) is 0 Å². The predicted molar refractivity (Wildman–Crippen MR) is 72.6 cm³/mol. The lowest BCUT2D eigenvalue weighted by Gasteiger charge is -2.21. The maximum Gasteiger partial charge on any atom is 0.0772 e. The van der Waals surface area contributed by atoms with Gasteiger partial charge in [0.15, 0.2) is 0 Å². The maximum atomic E-state index is 6.07. The Morgan fingerprint density at radius 3 is 3.17 bits per heavy atom. The van der Waals surface area contributed by atoms with E-state index < -0.39 is 0 Å². The number of methoxy groups -OCH3 is 1. The number of ether oxygens (including phenoxy) is 1. The van der Waals surface area contributed by atoms with Gasteiger partial charge in [-0.25, -0.2) is 0 Å². The van der Waals surface area contributed by atoms with Gasteiger partial charge in [-0.2, -0.15) is 5.10 Å². The van der Waals surface area contributed by atoms with Crippen molar-refractivity contribution in [2.24, 2.45) is 0 Å². The number of hydrogen-bond donors (Lipinski definition) is 3. The molecule has 1 aliphatic carbocycles. The molecular weight excluding hydrogens is 228 g/mol. The number of nitrogens with one attached hydrogen (secondary N) is 2. The van der Waals surface area contributed by atoms with Gasteiger partial charge in [0.1, 0.15) is 0 Å². The highest BCUT2D eigenvalue weighted by Crippen LogP contribution is 2.30. The van der Waals surface area contributed by atoms with E-state index in [1.54, 1.807) is 13.3 Å². The van der Waals surface area contributed by atoms with Crippen LogP contribution in [-0.2, 0) is 4.74 Å². The van der Waals surface area contributed by atoms with Crippen molar-refractivity contribution < 1.29 is 4.74 Å². The standard InChI is InChI=1S/C13H18N4O/c1-18-13-4-2-3-10(13)16-12-6-11-8(5-9(12)14)7-15-17-11/h5-7,10,13,16H,2-4,14H2,1H3,(H,15,17). The first kappa shape index (κ1) is 11.3. The van der Waals surface area contributed by atoms with Crippen LogP contribution in [0.4, 0.5) is 11.4 Å². The van der Waals surface area contributed by atoms with Crippen LogP contribution in [0.25, 0.3) is 10.9 Å². The summed E-state index contributed by atoms with van der Waals surface area (Å²) in [5, 5.41) is 11.5. The third-order valence-electron chi connectivity index (χ3n) is 3.71. The highest BCUT2D eigenvalue weighted by atomic mass is 16.5. The molecule has 96 valence electrons. The molecule has 0 spiro atoms. The molecule has 18 heavy (non-hydrogen) atoms. The molecule has 1 fully saturated rings. The fraction of sp³-hybridized carbons (Fsp3) is 0.462. The molecule has 0 saturated heterocycles. The first-order valence-electron chi connectivity index (χ1n) is 6.30. The van der Waals surface area contributed by atoms with Gasteiger partial charge in [-0.05, 0) is 31.4 Å². The minimum Gasteiger partial charge on any atom is -0.397 e. The highest BCUT2D eigenvalue weighted by molar-refractivity contribution is 5.88. The molecule has 1 aromatic heterocycles. The lowest BCUT2D eigenvalue weighted by molar-refractivity contribution is 0.101. The number of nitrogen functional groups attached to an aromatic ring is 1. The number of nitrogens with two attached hydrogens (primary N) is 1. The van der Waals surface area contributed by atoms with E-state index in [0.29, 0.717) is 6.04 Å². The maximum absolute atomic E-state index is 6.07. The van der Waals surface area contributed by atoms with Crippen LogP contribution in [0.3, 0.4) is 0 Å². The zero-order valence-electron chi connectivity index (χ0n) is 10.4. The number of H-pyrrole nitrogens is 1. The number of anilines is 2. The second kappa shape index (κ2) is 4.49. The van der Waals surface area contributed by atoms with Gasteiger partial charge in [0.25, 0.3) is 0 Å². The molecule has 1 saturated carbocycles. The summed E-state index contributed by atoms with van der Waals surface area (Å²) in [5.41, 5.74) is 8.78. The Morgan fingerprint density at radius 2 is 2.33 bits per heavy atom. The van der Waals surface area contributed by atoms with Gasteiger partial charge >= 0.3 is 0 Å². The van der Waals surface area contributed by atoms with Crippen LogP contribution in [0.1, 0.15) is 19.3 Å². The summed E-state index contributed by atoms with van der Waals surface area (Å²) in [7, 11) is 1.77. The van der Waals surface area contributed by atoms with Gasteiger partial charge in [0.2, 0.25) is 0 Å². The molecule has 1 heterocycles. The van der Waals surface area contributed by atoms with Crippen LogP contribution in [0, 0.1) is 0 Å². The van der Waals surface area contributed by atoms with Crippen LogP contribution in [0.15, 0.2) is 18.3 Å². The molecule has 5 heteroatoms. The predicted octanol–water partition coefficient (Wildman–Crippen LogP) is 2.12. The lowest BCUT2D eigenvalue weighted by Crippen LogP contribution is -2.30. The van der Waals surface area contributed by atoms with Gasteiger partial charge in [0.05, 0.1) is 35.2 Å². The van der Waals surface area contributed by atoms with E-state index in [4.69, 9.17) is 10.5 Å². The summed E-state index contributed by atoms with van der Waals surface area (Å²) < 4.78 is 5.48. The number of aromatic amines is 1. The van der Waals surface area contributed by atoms with Crippen molar-refractivity contribution in [1.29, 1.82) is 0 Å². The molecular formula is C13H18N4O. The van der Waals surface area contributed by atoms with Crippen molar-refractivity contribution in [2.75, 3.05) is 18.2 Å². The van der Waals surface area contributed by atoms with E-state index in [1.807, 2.05) is 12.1 Å². The minimum absolute atomic E-state index is 0.280.